The second kappa shape index (κ2) is 13.6. The van der Waals surface area contributed by atoms with E-state index in [1.807, 2.05) is 66.6 Å². The maximum Gasteiger partial charge on any atom is 0.198 e. The smallest absolute Gasteiger partial charge is 0.198 e. The van der Waals surface area contributed by atoms with E-state index in [4.69, 9.17) is 5.73 Å². The summed E-state index contributed by atoms with van der Waals surface area (Å²) in [7, 11) is 12.0. The summed E-state index contributed by atoms with van der Waals surface area (Å²) in [6.45, 7) is 5.21. The number of nitrogens with zero attached hydrogens (tertiary/aromatic N) is 3. The highest BCUT2D eigenvalue weighted by Crippen LogP contribution is 2.41. The van der Waals surface area contributed by atoms with Crippen LogP contribution in [0, 0.1) is 0 Å². The highest BCUT2D eigenvalue weighted by atomic mass is 16.1. The molecule has 0 saturated heterocycles. The molecule has 0 aliphatic heterocycles. The highest BCUT2D eigenvalue weighted by Gasteiger charge is 2.37. The van der Waals surface area contributed by atoms with Crippen LogP contribution in [0.2, 0.25) is 0 Å². The maximum absolute atomic E-state index is 14.3. The van der Waals surface area contributed by atoms with Crippen LogP contribution >= 0.6 is 0 Å². The van der Waals surface area contributed by atoms with Gasteiger partial charge in [-0.05, 0) is 66.6 Å². The summed E-state index contributed by atoms with van der Waals surface area (Å²) >= 11 is 0. The van der Waals surface area contributed by atoms with Crippen molar-refractivity contribution in [1.82, 2.24) is 14.7 Å². The molecule has 0 unspecified atom stereocenters. The van der Waals surface area contributed by atoms with Crippen LogP contribution in [0.4, 0.5) is 22.7 Å². The van der Waals surface area contributed by atoms with Crippen molar-refractivity contribution in [1.29, 1.82) is 0 Å². The summed E-state index contributed by atoms with van der Waals surface area (Å²) in [5.41, 5.74) is 10.0. The Balaban J connectivity index is 2.14. The van der Waals surface area contributed by atoms with Crippen molar-refractivity contribution in [3.63, 3.8) is 0 Å². The Morgan fingerprint density at radius 2 is 0.789 bits per heavy atom. The second-order valence-electron chi connectivity index (χ2n) is 10.4. The van der Waals surface area contributed by atoms with E-state index in [-0.39, 0.29) is 11.6 Å². The molecule has 0 spiro atoms. The molecular formula is C28H44N8O2. The Bertz CT molecular complexity index is 1130. The molecule has 0 atom stereocenters. The zero-order valence-electron chi connectivity index (χ0n) is 23.7. The molecule has 0 fully saturated rings. The lowest BCUT2D eigenvalue weighted by atomic mass is 9.80. The van der Waals surface area contributed by atoms with Gasteiger partial charge in [0.05, 0.1) is 22.3 Å². The first-order chi connectivity index (χ1) is 18.1. The third-order valence-electron chi connectivity index (χ3n) is 6.40. The summed E-state index contributed by atoms with van der Waals surface area (Å²) in [5.74, 6) is -0.337. The number of hydrogen-bond acceptors (Lipinski definition) is 10. The number of carbonyl (C=O) groups is 2. The van der Waals surface area contributed by atoms with Gasteiger partial charge in [-0.25, -0.2) is 0 Å². The molecule has 2 aromatic rings. The van der Waals surface area contributed by atoms with E-state index in [1.165, 1.54) is 0 Å². The van der Waals surface area contributed by atoms with Crippen molar-refractivity contribution in [2.24, 2.45) is 5.73 Å². The minimum atomic E-state index is -0.172. The van der Waals surface area contributed by atoms with Crippen molar-refractivity contribution in [2.45, 2.75) is 0 Å². The number of likely N-dealkylation sites (N-methyl/N-ethyl adjacent to an activating group) is 3. The van der Waals surface area contributed by atoms with E-state index in [0.29, 0.717) is 77.7 Å². The summed E-state index contributed by atoms with van der Waals surface area (Å²) in [5, 5.41) is 13.5. The van der Waals surface area contributed by atoms with Gasteiger partial charge in [-0.2, -0.15) is 0 Å². The molecule has 1 aliphatic carbocycles. The van der Waals surface area contributed by atoms with Gasteiger partial charge in [0.2, 0.25) is 0 Å². The molecule has 10 nitrogen and oxygen atoms in total. The molecule has 2 aromatic carbocycles. The van der Waals surface area contributed by atoms with E-state index >= 15 is 0 Å². The van der Waals surface area contributed by atoms with Crippen LogP contribution in [0.25, 0.3) is 0 Å². The zero-order chi connectivity index (χ0) is 27.8. The van der Waals surface area contributed by atoms with Crippen LogP contribution in [-0.4, -0.2) is 121 Å². The van der Waals surface area contributed by atoms with Crippen LogP contribution in [-0.2, 0) is 0 Å². The minimum Gasteiger partial charge on any atom is -0.383 e. The average molecular weight is 525 g/mol. The van der Waals surface area contributed by atoms with E-state index in [9.17, 15) is 9.59 Å². The number of rotatable bonds is 15. The summed E-state index contributed by atoms with van der Waals surface area (Å²) < 4.78 is 0. The standard InChI is InChI=1S/C28H44N8O2/c1-34(2)16-13-31-20-8-7-19(30-12-11-29)23-24(20)28(38)26-22(33-15-18-36(5)6)10-9-21(25(26)27(23)37)32-14-17-35(3)4/h7-10,30-33H,11-18,29H2,1-6H3. The molecule has 6 N–H and O–H groups in total. The van der Waals surface area contributed by atoms with Crippen molar-refractivity contribution < 1.29 is 9.59 Å². The fourth-order valence-electron chi connectivity index (χ4n) is 4.44. The molecule has 0 radical (unpaired) electrons. The maximum atomic E-state index is 14.3. The number of benzene rings is 2. The van der Waals surface area contributed by atoms with E-state index < -0.39 is 0 Å². The molecule has 38 heavy (non-hydrogen) atoms. The van der Waals surface area contributed by atoms with E-state index in [0.717, 1.165) is 19.6 Å². The number of nitrogens with one attached hydrogen (secondary N) is 4. The average Bonchev–Trinajstić information content (AvgIpc) is 2.85. The Morgan fingerprint density at radius 3 is 1.03 bits per heavy atom. The number of carbonyl (C=O) groups excluding carboxylic acids is 2. The monoisotopic (exact) mass is 524 g/mol. The predicted molar refractivity (Wildman–Crippen MR) is 158 cm³/mol. The number of ketones is 2. The molecule has 3 rings (SSSR count). The molecule has 0 heterocycles. The predicted octanol–water partition coefficient (Wildman–Crippen LogP) is 1.75. The second-order valence-corrected chi connectivity index (χ2v) is 10.4. The third-order valence-corrected chi connectivity index (χ3v) is 6.40. The van der Waals surface area contributed by atoms with Crippen LogP contribution in [0.5, 0.6) is 0 Å². The van der Waals surface area contributed by atoms with Crippen molar-refractivity contribution in [2.75, 3.05) is 116 Å². The Hall–Kier alpha value is -3.18. The van der Waals surface area contributed by atoms with Gasteiger partial charge < -0.3 is 41.7 Å². The summed E-state index contributed by atoms with van der Waals surface area (Å²) in [4.78, 5) is 34.8. The Morgan fingerprint density at radius 1 is 0.526 bits per heavy atom. The molecular weight excluding hydrogens is 480 g/mol. The molecule has 1 aliphatic rings. The van der Waals surface area contributed by atoms with Crippen LogP contribution < -0.4 is 27.0 Å². The summed E-state index contributed by atoms with van der Waals surface area (Å²) in [6.07, 6.45) is 0. The number of nitrogens with two attached hydrogens (primary N) is 1. The first-order valence-corrected chi connectivity index (χ1v) is 13.2. The van der Waals surface area contributed by atoms with Crippen molar-refractivity contribution in [3.05, 3.63) is 46.5 Å². The highest BCUT2D eigenvalue weighted by molar-refractivity contribution is 6.35. The van der Waals surface area contributed by atoms with Crippen LogP contribution in [0.15, 0.2) is 24.3 Å². The van der Waals surface area contributed by atoms with Crippen molar-refractivity contribution >= 4 is 34.3 Å². The van der Waals surface area contributed by atoms with Gasteiger partial charge in [-0.1, -0.05) is 0 Å². The van der Waals surface area contributed by atoms with Crippen LogP contribution in [0.3, 0.4) is 0 Å². The number of fused-ring (bicyclic) bond motifs is 2. The SMILES string of the molecule is CN(C)CCNc1ccc(NCCN)c2c1C(=O)c1c(NCCN(C)C)ccc(NCCN(C)C)c1C2=O. The fourth-order valence-corrected chi connectivity index (χ4v) is 4.44. The lowest BCUT2D eigenvalue weighted by Gasteiger charge is -2.28. The number of anilines is 4. The molecule has 208 valence electrons. The van der Waals surface area contributed by atoms with Gasteiger partial charge in [0.25, 0.3) is 0 Å². The molecule has 0 saturated carbocycles. The molecule has 0 aromatic heterocycles. The Kier molecular flexibility index (Phi) is 10.5. The lowest BCUT2D eigenvalue weighted by molar-refractivity contribution is 0.0981. The zero-order valence-corrected chi connectivity index (χ0v) is 23.7. The first-order valence-electron chi connectivity index (χ1n) is 13.2. The van der Waals surface area contributed by atoms with Gasteiger partial charge in [0, 0.05) is 75.1 Å². The largest absolute Gasteiger partial charge is 0.383 e. The molecule has 0 amide bonds. The van der Waals surface area contributed by atoms with E-state index in [1.54, 1.807) is 0 Å². The third kappa shape index (κ3) is 7.02. The summed E-state index contributed by atoms with van der Waals surface area (Å²) in [6, 6.07) is 7.54. The fraction of sp³-hybridized carbons (Fsp3) is 0.500. The van der Waals surface area contributed by atoms with Gasteiger partial charge in [-0.3, -0.25) is 9.59 Å². The normalized spacial score (nSPS) is 12.7. The van der Waals surface area contributed by atoms with Crippen LogP contribution in [0.1, 0.15) is 31.8 Å². The lowest BCUT2D eigenvalue weighted by Crippen LogP contribution is -2.29. The van der Waals surface area contributed by atoms with Gasteiger partial charge in [0.1, 0.15) is 0 Å². The first kappa shape index (κ1) is 29.4. The van der Waals surface area contributed by atoms with Gasteiger partial charge in [0.15, 0.2) is 11.6 Å². The Labute approximate surface area is 226 Å². The molecule has 10 heteroatoms. The quantitative estimate of drug-likeness (QED) is 0.201. The number of hydrogen-bond donors (Lipinski definition) is 5. The van der Waals surface area contributed by atoms with Gasteiger partial charge in [-0.15, -0.1) is 0 Å². The van der Waals surface area contributed by atoms with E-state index in [2.05, 4.69) is 36.0 Å². The van der Waals surface area contributed by atoms with Crippen molar-refractivity contribution in [3.8, 4) is 0 Å². The van der Waals surface area contributed by atoms with Gasteiger partial charge >= 0.3 is 0 Å². The molecule has 0 bridgehead atoms. The minimum absolute atomic E-state index is 0.165. The topological polar surface area (TPSA) is 118 Å².